The zero-order valence-corrected chi connectivity index (χ0v) is 19.1. The van der Waals surface area contributed by atoms with E-state index >= 15 is 0 Å². The number of aromatic nitrogens is 1. The smallest absolute Gasteiger partial charge is 0.291 e. The standard InChI is InChI=1S/C21H25N5O2.HI/c1-22-21(26(3)15-18-6-4-12-25(18)2)23-14-16-8-10-17(11-9-16)24-20(27)19-7-5-13-28-19;/h4-13H,14-15H2,1-3H3,(H,22,23)(H,24,27);1H. The average molecular weight is 507 g/mol. The first-order valence-electron chi connectivity index (χ1n) is 9.02. The summed E-state index contributed by atoms with van der Waals surface area (Å²) in [5, 5.41) is 6.17. The van der Waals surface area contributed by atoms with Crippen LogP contribution in [0.1, 0.15) is 21.8 Å². The molecule has 0 saturated heterocycles. The van der Waals surface area contributed by atoms with Gasteiger partial charge in [-0.2, -0.15) is 0 Å². The predicted molar refractivity (Wildman–Crippen MR) is 126 cm³/mol. The van der Waals surface area contributed by atoms with Crippen molar-refractivity contribution < 1.29 is 9.21 Å². The second-order valence-electron chi connectivity index (χ2n) is 6.50. The molecule has 8 heteroatoms. The summed E-state index contributed by atoms with van der Waals surface area (Å²) < 4.78 is 7.19. The maximum Gasteiger partial charge on any atom is 0.291 e. The number of furan rings is 1. The summed E-state index contributed by atoms with van der Waals surface area (Å²) in [5.74, 6) is 0.839. The Morgan fingerprint density at radius 2 is 1.93 bits per heavy atom. The number of rotatable bonds is 6. The molecular formula is C21H26IN5O2. The van der Waals surface area contributed by atoms with Crippen LogP contribution in [0.4, 0.5) is 5.69 Å². The summed E-state index contributed by atoms with van der Waals surface area (Å²) in [6.45, 7) is 1.40. The molecule has 0 fully saturated rings. The van der Waals surface area contributed by atoms with Crippen LogP contribution >= 0.6 is 24.0 Å². The molecule has 0 aliphatic heterocycles. The molecule has 2 aromatic heterocycles. The van der Waals surface area contributed by atoms with Gasteiger partial charge in [-0.25, -0.2) is 0 Å². The van der Waals surface area contributed by atoms with Gasteiger partial charge >= 0.3 is 0 Å². The quantitative estimate of drug-likeness (QED) is 0.303. The Morgan fingerprint density at radius 1 is 1.17 bits per heavy atom. The highest BCUT2D eigenvalue weighted by atomic mass is 127. The van der Waals surface area contributed by atoms with Crippen LogP contribution in [0.25, 0.3) is 0 Å². The number of carbonyl (C=O) groups excluding carboxylic acids is 1. The molecule has 0 saturated carbocycles. The predicted octanol–water partition coefficient (Wildman–Crippen LogP) is 3.70. The van der Waals surface area contributed by atoms with Crippen LogP contribution in [-0.4, -0.2) is 35.4 Å². The first kappa shape index (κ1) is 22.5. The molecular weight excluding hydrogens is 481 g/mol. The van der Waals surface area contributed by atoms with Crippen LogP contribution in [0.15, 0.2) is 70.4 Å². The van der Waals surface area contributed by atoms with E-state index in [1.165, 1.54) is 12.0 Å². The lowest BCUT2D eigenvalue weighted by Gasteiger charge is -2.22. The molecule has 0 bridgehead atoms. The Kier molecular flexibility index (Phi) is 8.32. The number of guanidine groups is 1. The van der Waals surface area contributed by atoms with Crippen LogP contribution in [0.2, 0.25) is 0 Å². The minimum absolute atomic E-state index is 0. The van der Waals surface area contributed by atoms with E-state index in [0.717, 1.165) is 23.8 Å². The lowest BCUT2D eigenvalue weighted by atomic mass is 10.2. The molecule has 7 nitrogen and oxygen atoms in total. The number of halogens is 1. The number of benzene rings is 1. The number of amides is 1. The van der Waals surface area contributed by atoms with Crippen molar-refractivity contribution in [2.24, 2.45) is 12.0 Å². The summed E-state index contributed by atoms with van der Waals surface area (Å²) in [5.41, 5.74) is 3.02. The van der Waals surface area contributed by atoms with Crippen LogP contribution in [0.5, 0.6) is 0 Å². The van der Waals surface area contributed by atoms with E-state index in [1.807, 2.05) is 50.6 Å². The normalized spacial score (nSPS) is 10.9. The third-order valence-corrected chi connectivity index (χ3v) is 4.43. The van der Waals surface area contributed by atoms with E-state index in [-0.39, 0.29) is 35.6 Å². The Hall–Kier alpha value is -2.75. The molecule has 154 valence electrons. The van der Waals surface area contributed by atoms with Crippen molar-refractivity contribution >= 4 is 41.5 Å². The van der Waals surface area contributed by atoms with Crippen LogP contribution < -0.4 is 10.6 Å². The molecule has 0 atom stereocenters. The molecule has 0 aliphatic rings. The van der Waals surface area contributed by atoms with Crippen molar-refractivity contribution in [1.29, 1.82) is 0 Å². The number of aliphatic imine (C=N–C) groups is 1. The summed E-state index contributed by atoms with van der Waals surface area (Å²) in [4.78, 5) is 18.4. The zero-order valence-electron chi connectivity index (χ0n) is 16.8. The third-order valence-electron chi connectivity index (χ3n) is 4.43. The Morgan fingerprint density at radius 3 is 2.52 bits per heavy atom. The fourth-order valence-electron chi connectivity index (χ4n) is 2.85. The van der Waals surface area contributed by atoms with E-state index in [9.17, 15) is 4.79 Å². The maximum absolute atomic E-state index is 12.0. The van der Waals surface area contributed by atoms with Gasteiger partial charge in [0.15, 0.2) is 11.7 Å². The van der Waals surface area contributed by atoms with E-state index < -0.39 is 0 Å². The Balaban J connectivity index is 0.00000300. The van der Waals surface area contributed by atoms with Crippen molar-refractivity contribution in [1.82, 2.24) is 14.8 Å². The molecule has 3 aromatic rings. The third kappa shape index (κ3) is 6.11. The highest BCUT2D eigenvalue weighted by Gasteiger charge is 2.10. The average Bonchev–Trinajstić information content (AvgIpc) is 3.36. The van der Waals surface area contributed by atoms with Crippen molar-refractivity contribution in [3.8, 4) is 0 Å². The molecule has 0 aliphatic carbocycles. The summed E-state index contributed by atoms with van der Waals surface area (Å²) in [6, 6.07) is 15.1. The zero-order chi connectivity index (χ0) is 19.9. The minimum Gasteiger partial charge on any atom is -0.459 e. The van der Waals surface area contributed by atoms with Gasteiger partial charge < -0.3 is 24.5 Å². The molecule has 1 amide bonds. The molecule has 3 rings (SSSR count). The molecule has 1 aromatic carbocycles. The van der Waals surface area contributed by atoms with Gasteiger partial charge in [-0.1, -0.05) is 12.1 Å². The van der Waals surface area contributed by atoms with E-state index in [4.69, 9.17) is 4.42 Å². The van der Waals surface area contributed by atoms with Gasteiger partial charge in [0, 0.05) is 45.3 Å². The van der Waals surface area contributed by atoms with Crippen LogP contribution in [0.3, 0.4) is 0 Å². The summed E-state index contributed by atoms with van der Waals surface area (Å²) >= 11 is 0. The van der Waals surface area contributed by atoms with E-state index in [0.29, 0.717) is 6.54 Å². The summed E-state index contributed by atoms with van der Waals surface area (Å²) in [6.07, 6.45) is 3.51. The molecule has 29 heavy (non-hydrogen) atoms. The molecule has 2 heterocycles. The van der Waals surface area contributed by atoms with E-state index in [2.05, 4.69) is 31.2 Å². The second-order valence-corrected chi connectivity index (χ2v) is 6.50. The Bertz CT molecular complexity index is 932. The first-order chi connectivity index (χ1) is 13.6. The monoisotopic (exact) mass is 507 g/mol. The maximum atomic E-state index is 12.0. The number of nitrogens with zero attached hydrogens (tertiary/aromatic N) is 3. The molecule has 0 radical (unpaired) electrons. The minimum atomic E-state index is -0.265. The van der Waals surface area contributed by atoms with Crippen molar-refractivity contribution in [3.05, 3.63) is 78.0 Å². The summed E-state index contributed by atoms with van der Waals surface area (Å²) in [7, 11) is 5.82. The lowest BCUT2D eigenvalue weighted by Crippen LogP contribution is -2.38. The Labute approximate surface area is 187 Å². The second kappa shape index (κ2) is 10.7. The lowest BCUT2D eigenvalue weighted by molar-refractivity contribution is 0.0996. The van der Waals surface area contributed by atoms with Gasteiger partial charge in [-0.15, -0.1) is 24.0 Å². The van der Waals surface area contributed by atoms with Gasteiger partial charge in [-0.05, 0) is 42.0 Å². The largest absolute Gasteiger partial charge is 0.459 e. The SMILES string of the molecule is CN=C(NCc1ccc(NC(=O)c2ccco2)cc1)N(C)Cc1cccn1C.I. The molecule has 0 spiro atoms. The van der Waals surface area contributed by atoms with Gasteiger partial charge in [0.1, 0.15) is 0 Å². The number of anilines is 1. The van der Waals surface area contributed by atoms with Gasteiger partial charge in [0.2, 0.25) is 0 Å². The number of carbonyl (C=O) groups is 1. The number of hydrogen-bond donors (Lipinski definition) is 2. The number of aryl methyl sites for hydroxylation is 1. The van der Waals surface area contributed by atoms with Gasteiger partial charge in [0.05, 0.1) is 12.8 Å². The highest BCUT2D eigenvalue weighted by molar-refractivity contribution is 14.0. The fourth-order valence-corrected chi connectivity index (χ4v) is 2.85. The van der Waals surface area contributed by atoms with Crippen LogP contribution in [0, 0.1) is 0 Å². The van der Waals surface area contributed by atoms with E-state index in [1.54, 1.807) is 19.2 Å². The van der Waals surface area contributed by atoms with Crippen molar-refractivity contribution in [2.45, 2.75) is 13.1 Å². The van der Waals surface area contributed by atoms with Crippen molar-refractivity contribution in [3.63, 3.8) is 0 Å². The van der Waals surface area contributed by atoms with Crippen molar-refractivity contribution in [2.75, 3.05) is 19.4 Å². The number of hydrogen-bond acceptors (Lipinski definition) is 3. The first-order valence-corrected chi connectivity index (χ1v) is 9.02. The number of nitrogens with one attached hydrogen (secondary N) is 2. The van der Waals surface area contributed by atoms with Crippen LogP contribution in [-0.2, 0) is 20.1 Å². The van der Waals surface area contributed by atoms with Gasteiger partial charge in [0.25, 0.3) is 5.91 Å². The topological polar surface area (TPSA) is 74.8 Å². The fraction of sp³-hybridized carbons (Fsp3) is 0.238. The van der Waals surface area contributed by atoms with Gasteiger partial charge in [-0.3, -0.25) is 9.79 Å². The molecule has 0 unspecified atom stereocenters. The molecule has 2 N–H and O–H groups in total. The highest BCUT2D eigenvalue weighted by Crippen LogP contribution is 2.12.